The molecule has 1 rings (SSSR count). The molecule has 1 aromatic rings. The average molecular weight is 242 g/mol. The van der Waals surface area contributed by atoms with Gasteiger partial charge < -0.3 is 5.73 Å². The molecule has 13 heavy (non-hydrogen) atoms. The molecule has 0 aliphatic carbocycles. The van der Waals surface area contributed by atoms with E-state index >= 15 is 0 Å². The summed E-state index contributed by atoms with van der Waals surface area (Å²) >= 11 is 3.00. The summed E-state index contributed by atoms with van der Waals surface area (Å²) in [5.41, 5.74) is 5.92. The van der Waals surface area contributed by atoms with Crippen molar-refractivity contribution >= 4 is 21.8 Å². The first-order valence-electron chi connectivity index (χ1n) is 3.33. The van der Waals surface area contributed by atoms with E-state index < -0.39 is 0 Å². The predicted molar refractivity (Wildman–Crippen MR) is 50.4 cm³/mol. The summed E-state index contributed by atoms with van der Waals surface area (Å²) < 4.78 is 13.0. The molecule has 0 unspecified atom stereocenters. The maximum Gasteiger partial charge on any atom is 0.207 e. The van der Waals surface area contributed by atoms with Crippen LogP contribution >= 0.6 is 15.9 Å². The summed E-state index contributed by atoms with van der Waals surface area (Å²) in [5.74, 6) is -0.309. The largest absolute Gasteiger partial charge is 0.383 e. The molecule has 0 saturated carbocycles. The first kappa shape index (κ1) is 9.68. The molecular weight excluding hydrogens is 237 g/mol. The average Bonchev–Trinajstić information content (AvgIpc) is 2.10. The van der Waals surface area contributed by atoms with Gasteiger partial charge in [-0.05, 0) is 34.1 Å². The van der Waals surface area contributed by atoms with Crippen molar-refractivity contribution in [3.63, 3.8) is 0 Å². The molecule has 0 aromatic heterocycles. The number of hydrogen-bond acceptors (Lipinski definition) is 2. The van der Waals surface area contributed by atoms with Gasteiger partial charge in [-0.25, -0.2) is 4.39 Å². The van der Waals surface area contributed by atoms with Gasteiger partial charge in [-0.2, -0.15) is 10.3 Å². The second-order valence-electron chi connectivity index (χ2n) is 2.23. The Morgan fingerprint density at radius 3 is 2.85 bits per heavy atom. The van der Waals surface area contributed by atoms with E-state index in [0.29, 0.717) is 10.0 Å². The topological polar surface area (TPSA) is 62.2 Å². The van der Waals surface area contributed by atoms with Crippen LogP contribution in [0.4, 0.5) is 4.39 Å². The zero-order valence-corrected chi connectivity index (χ0v) is 8.05. The lowest BCUT2D eigenvalue weighted by atomic mass is 10.2. The van der Waals surface area contributed by atoms with Gasteiger partial charge in [-0.1, -0.05) is 0 Å². The standard InChI is InChI=1S/C8H5BrFN3/c9-6-3-5(1-2-7(6)10)8(12)13-4-11/h1-3H,(H2,12,13). The Labute approximate surface area is 82.8 Å². The molecule has 0 atom stereocenters. The van der Waals surface area contributed by atoms with Gasteiger partial charge >= 0.3 is 0 Å². The summed E-state index contributed by atoms with van der Waals surface area (Å²) in [5, 5.41) is 8.22. The van der Waals surface area contributed by atoms with E-state index in [-0.39, 0.29) is 11.7 Å². The Hall–Kier alpha value is -1.41. The molecule has 5 heteroatoms. The normalized spacial score (nSPS) is 11.0. The number of nitriles is 1. The Balaban J connectivity index is 3.13. The third kappa shape index (κ3) is 2.26. The third-order valence-corrected chi connectivity index (χ3v) is 1.99. The van der Waals surface area contributed by atoms with Crippen molar-refractivity contribution in [1.82, 2.24) is 0 Å². The monoisotopic (exact) mass is 241 g/mol. The maximum absolute atomic E-state index is 12.8. The molecule has 66 valence electrons. The minimum atomic E-state index is -0.381. The van der Waals surface area contributed by atoms with Crippen molar-refractivity contribution in [3.8, 4) is 6.19 Å². The highest BCUT2D eigenvalue weighted by Gasteiger charge is 2.02. The number of amidine groups is 1. The Kier molecular flexibility index (Phi) is 2.98. The van der Waals surface area contributed by atoms with Gasteiger partial charge in [0.25, 0.3) is 0 Å². The van der Waals surface area contributed by atoms with Crippen molar-refractivity contribution in [2.24, 2.45) is 10.7 Å². The number of hydrogen-bond donors (Lipinski definition) is 1. The van der Waals surface area contributed by atoms with Crippen LogP contribution in [-0.2, 0) is 0 Å². The van der Waals surface area contributed by atoms with E-state index in [2.05, 4.69) is 20.9 Å². The van der Waals surface area contributed by atoms with Crippen molar-refractivity contribution in [1.29, 1.82) is 5.26 Å². The summed E-state index contributed by atoms with van der Waals surface area (Å²) in [7, 11) is 0. The molecule has 1 aromatic carbocycles. The van der Waals surface area contributed by atoms with Crippen molar-refractivity contribution in [3.05, 3.63) is 34.1 Å². The zero-order chi connectivity index (χ0) is 9.84. The van der Waals surface area contributed by atoms with E-state index in [1.807, 2.05) is 0 Å². The van der Waals surface area contributed by atoms with Gasteiger partial charge in [0.05, 0.1) is 4.47 Å². The fourth-order valence-electron chi connectivity index (χ4n) is 0.774. The van der Waals surface area contributed by atoms with E-state index in [9.17, 15) is 4.39 Å². The van der Waals surface area contributed by atoms with Gasteiger partial charge in [0, 0.05) is 5.56 Å². The van der Waals surface area contributed by atoms with Crippen molar-refractivity contribution < 1.29 is 4.39 Å². The zero-order valence-electron chi connectivity index (χ0n) is 6.46. The van der Waals surface area contributed by atoms with Crippen LogP contribution in [0.1, 0.15) is 5.56 Å². The summed E-state index contributed by atoms with van der Waals surface area (Å²) in [6.07, 6.45) is 1.55. The first-order chi connectivity index (χ1) is 6.15. The highest BCUT2D eigenvalue weighted by atomic mass is 79.9. The summed E-state index contributed by atoms with van der Waals surface area (Å²) in [6, 6.07) is 4.17. The molecular formula is C8H5BrFN3. The van der Waals surface area contributed by atoms with E-state index in [0.717, 1.165) is 0 Å². The van der Waals surface area contributed by atoms with E-state index in [1.165, 1.54) is 18.2 Å². The van der Waals surface area contributed by atoms with Crippen LogP contribution in [0.3, 0.4) is 0 Å². The maximum atomic E-state index is 12.8. The molecule has 0 spiro atoms. The van der Waals surface area contributed by atoms with Crippen molar-refractivity contribution in [2.75, 3.05) is 0 Å². The van der Waals surface area contributed by atoms with Crippen LogP contribution < -0.4 is 5.73 Å². The van der Waals surface area contributed by atoms with Crippen LogP contribution in [0.2, 0.25) is 0 Å². The number of benzene rings is 1. The van der Waals surface area contributed by atoms with Crippen LogP contribution in [0.15, 0.2) is 27.7 Å². The van der Waals surface area contributed by atoms with Gasteiger partial charge in [0.15, 0.2) is 0 Å². The van der Waals surface area contributed by atoms with Crippen molar-refractivity contribution in [2.45, 2.75) is 0 Å². The Morgan fingerprint density at radius 1 is 1.62 bits per heavy atom. The van der Waals surface area contributed by atoms with Crippen LogP contribution in [-0.4, -0.2) is 5.84 Å². The lowest BCUT2D eigenvalue weighted by Crippen LogP contribution is -2.12. The fraction of sp³-hybridized carbons (Fsp3) is 0. The molecule has 0 aliphatic rings. The predicted octanol–water partition coefficient (Wildman–Crippen LogP) is 1.77. The van der Waals surface area contributed by atoms with Gasteiger partial charge in [-0.3, -0.25) is 0 Å². The molecule has 0 saturated heterocycles. The van der Waals surface area contributed by atoms with Crippen LogP contribution in [0.25, 0.3) is 0 Å². The fourth-order valence-corrected chi connectivity index (χ4v) is 1.15. The smallest absolute Gasteiger partial charge is 0.207 e. The molecule has 2 N–H and O–H groups in total. The molecule has 0 bridgehead atoms. The Bertz CT molecular complexity index is 395. The molecule has 0 heterocycles. The van der Waals surface area contributed by atoms with E-state index in [1.54, 1.807) is 6.19 Å². The molecule has 0 radical (unpaired) electrons. The molecule has 0 amide bonds. The quantitative estimate of drug-likeness (QED) is 0.463. The molecule has 3 nitrogen and oxygen atoms in total. The number of rotatable bonds is 1. The SMILES string of the molecule is N#C/N=C(/N)c1ccc(F)c(Br)c1. The number of aliphatic imine (C=N–C) groups is 1. The van der Waals surface area contributed by atoms with Crippen LogP contribution in [0.5, 0.6) is 0 Å². The Morgan fingerprint density at radius 2 is 2.31 bits per heavy atom. The summed E-state index contributed by atoms with van der Waals surface area (Å²) in [4.78, 5) is 3.32. The van der Waals surface area contributed by atoms with Gasteiger partial charge in [0.2, 0.25) is 6.19 Å². The lowest BCUT2D eigenvalue weighted by Gasteiger charge is -1.99. The minimum absolute atomic E-state index is 0.0724. The summed E-state index contributed by atoms with van der Waals surface area (Å²) in [6.45, 7) is 0. The third-order valence-electron chi connectivity index (χ3n) is 1.39. The van der Waals surface area contributed by atoms with Gasteiger partial charge in [0.1, 0.15) is 11.7 Å². The number of nitrogens with zero attached hydrogens (tertiary/aromatic N) is 2. The number of nitrogens with two attached hydrogens (primary N) is 1. The minimum Gasteiger partial charge on any atom is -0.383 e. The highest BCUT2D eigenvalue weighted by molar-refractivity contribution is 9.10. The molecule has 0 aliphatic heterocycles. The van der Waals surface area contributed by atoms with Crippen LogP contribution in [0, 0.1) is 17.3 Å². The van der Waals surface area contributed by atoms with E-state index in [4.69, 9.17) is 11.0 Å². The van der Waals surface area contributed by atoms with Gasteiger partial charge in [-0.15, -0.1) is 0 Å². The molecule has 0 fully saturated rings. The lowest BCUT2D eigenvalue weighted by molar-refractivity contribution is 0.621. The second kappa shape index (κ2) is 4.01. The highest BCUT2D eigenvalue weighted by Crippen LogP contribution is 2.16. The second-order valence-corrected chi connectivity index (χ2v) is 3.08. The first-order valence-corrected chi connectivity index (χ1v) is 4.12. The number of halogens is 2.